The third-order valence-electron chi connectivity index (χ3n) is 4.67. The average molecular weight is 295 g/mol. The molecule has 3 heteroatoms. The molecule has 0 radical (unpaired) electrons. The lowest BCUT2D eigenvalue weighted by Gasteiger charge is -2.25. The van der Waals surface area contributed by atoms with Gasteiger partial charge in [-0.15, -0.1) is 0 Å². The normalized spacial score (nSPS) is 21.9. The Morgan fingerprint density at radius 2 is 1.95 bits per heavy atom. The van der Waals surface area contributed by atoms with Gasteiger partial charge in [0, 0.05) is 18.5 Å². The molecule has 114 valence electrons. The topological polar surface area (TPSA) is 40.5 Å². The van der Waals surface area contributed by atoms with E-state index < -0.39 is 5.97 Å². The number of likely N-dealkylation sites (tertiary alicyclic amines) is 1. The Hall–Kier alpha value is -2.13. The monoisotopic (exact) mass is 295 g/mol. The van der Waals surface area contributed by atoms with Crippen LogP contribution in [0.5, 0.6) is 0 Å². The third kappa shape index (κ3) is 3.04. The second-order valence-corrected chi connectivity index (χ2v) is 6.02. The first-order chi connectivity index (χ1) is 10.6. The fraction of sp³-hybridized carbons (Fsp3) is 0.316. The Balaban J connectivity index is 1.72. The Morgan fingerprint density at radius 3 is 2.68 bits per heavy atom. The van der Waals surface area contributed by atoms with Crippen LogP contribution in [0.1, 0.15) is 40.7 Å². The zero-order valence-corrected chi connectivity index (χ0v) is 12.8. The molecule has 1 aliphatic heterocycles. The lowest BCUT2D eigenvalue weighted by Crippen LogP contribution is -2.29. The number of carboxylic acids is 1. The van der Waals surface area contributed by atoms with Crippen molar-refractivity contribution in [2.45, 2.75) is 31.8 Å². The molecule has 1 fully saturated rings. The van der Waals surface area contributed by atoms with Crippen molar-refractivity contribution in [1.29, 1.82) is 0 Å². The first-order valence-corrected chi connectivity index (χ1v) is 7.76. The zero-order chi connectivity index (χ0) is 15.5. The van der Waals surface area contributed by atoms with Gasteiger partial charge < -0.3 is 5.11 Å². The Kier molecular flexibility index (Phi) is 4.25. The highest BCUT2D eigenvalue weighted by atomic mass is 16.4. The van der Waals surface area contributed by atoms with E-state index in [4.69, 9.17) is 5.11 Å². The molecule has 3 rings (SSSR count). The van der Waals surface area contributed by atoms with Crippen molar-refractivity contribution in [3.05, 3.63) is 71.3 Å². The minimum atomic E-state index is -0.863. The quantitative estimate of drug-likeness (QED) is 0.933. The molecule has 1 heterocycles. The first kappa shape index (κ1) is 14.8. The Bertz CT molecular complexity index is 653. The van der Waals surface area contributed by atoms with Gasteiger partial charge in [0.15, 0.2) is 0 Å². The summed E-state index contributed by atoms with van der Waals surface area (Å²) >= 11 is 0. The van der Waals surface area contributed by atoms with Crippen LogP contribution in [0.3, 0.4) is 0 Å². The van der Waals surface area contributed by atoms with E-state index in [-0.39, 0.29) is 0 Å². The van der Waals surface area contributed by atoms with E-state index >= 15 is 0 Å². The second-order valence-electron chi connectivity index (χ2n) is 6.02. The lowest BCUT2D eigenvalue weighted by atomic mass is 9.93. The average Bonchev–Trinajstić information content (AvgIpc) is 2.89. The van der Waals surface area contributed by atoms with Gasteiger partial charge in [-0.1, -0.05) is 42.5 Å². The molecule has 0 saturated carbocycles. The Labute approximate surface area is 131 Å². The van der Waals surface area contributed by atoms with Crippen LogP contribution in [0.25, 0.3) is 0 Å². The van der Waals surface area contributed by atoms with E-state index in [0.717, 1.165) is 25.1 Å². The van der Waals surface area contributed by atoms with Gasteiger partial charge >= 0.3 is 5.97 Å². The minimum absolute atomic E-state index is 0.365. The summed E-state index contributed by atoms with van der Waals surface area (Å²) in [4.78, 5) is 13.5. The number of benzene rings is 2. The van der Waals surface area contributed by atoms with Crippen LogP contribution in [-0.2, 0) is 6.54 Å². The van der Waals surface area contributed by atoms with Gasteiger partial charge in [0.2, 0.25) is 0 Å². The van der Waals surface area contributed by atoms with Gasteiger partial charge in [-0.2, -0.15) is 0 Å². The molecule has 0 bridgehead atoms. The van der Waals surface area contributed by atoms with Gasteiger partial charge in [0.25, 0.3) is 0 Å². The molecule has 0 amide bonds. The van der Waals surface area contributed by atoms with E-state index in [2.05, 4.69) is 42.2 Å². The maximum absolute atomic E-state index is 11.1. The number of carboxylic acid groups (broad SMARTS) is 1. The van der Waals surface area contributed by atoms with Crippen molar-refractivity contribution in [1.82, 2.24) is 4.90 Å². The van der Waals surface area contributed by atoms with Gasteiger partial charge in [-0.05, 0) is 43.1 Å². The summed E-state index contributed by atoms with van der Waals surface area (Å²) in [6.07, 6.45) is 1.16. The number of rotatable bonds is 4. The summed E-state index contributed by atoms with van der Waals surface area (Å²) in [6.45, 7) is 4.13. The van der Waals surface area contributed by atoms with Crippen LogP contribution in [0.2, 0.25) is 0 Å². The van der Waals surface area contributed by atoms with Crippen LogP contribution in [0.15, 0.2) is 54.6 Å². The first-order valence-electron chi connectivity index (χ1n) is 7.76. The number of carbonyl (C=O) groups is 1. The van der Waals surface area contributed by atoms with E-state index in [0.29, 0.717) is 17.5 Å². The molecule has 2 unspecified atom stereocenters. The highest BCUT2D eigenvalue weighted by molar-refractivity contribution is 5.87. The molecule has 22 heavy (non-hydrogen) atoms. The molecule has 1 saturated heterocycles. The minimum Gasteiger partial charge on any atom is -0.478 e. The summed E-state index contributed by atoms with van der Waals surface area (Å²) in [7, 11) is 0. The molecule has 2 aromatic carbocycles. The van der Waals surface area contributed by atoms with Crippen molar-refractivity contribution >= 4 is 5.97 Å². The predicted octanol–water partition coefficient (Wildman–Crippen LogP) is 3.76. The van der Waals surface area contributed by atoms with Crippen molar-refractivity contribution in [3.63, 3.8) is 0 Å². The van der Waals surface area contributed by atoms with Crippen LogP contribution >= 0.6 is 0 Å². The molecule has 3 nitrogen and oxygen atoms in total. The maximum Gasteiger partial charge on any atom is 0.335 e. The van der Waals surface area contributed by atoms with Gasteiger partial charge in [0.1, 0.15) is 0 Å². The smallest absolute Gasteiger partial charge is 0.335 e. The van der Waals surface area contributed by atoms with E-state index in [1.165, 1.54) is 5.56 Å². The molecular formula is C19H21NO2. The fourth-order valence-electron chi connectivity index (χ4n) is 3.41. The van der Waals surface area contributed by atoms with Crippen molar-refractivity contribution in [3.8, 4) is 0 Å². The lowest BCUT2D eigenvalue weighted by molar-refractivity contribution is 0.0696. The third-order valence-corrected chi connectivity index (χ3v) is 4.67. The van der Waals surface area contributed by atoms with Crippen molar-refractivity contribution < 1.29 is 9.90 Å². The van der Waals surface area contributed by atoms with Gasteiger partial charge in [-0.3, -0.25) is 4.90 Å². The van der Waals surface area contributed by atoms with Crippen molar-refractivity contribution in [2.75, 3.05) is 6.54 Å². The number of hydrogen-bond acceptors (Lipinski definition) is 2. The highest BCUT2D eigenvalue weighted by Gasteiger charge is 2.31. The number of hydrogen-bond donors (Lipinski definition) is 1. The summed E-state index contributed by atoms with van der Waals surface area (Å²) in [6, 6.07) is 18.4. The summed E-state index contributed by atoms with van der Waals surface area (Å²) < 4.78 is 0. The van der Waals surface area contributed by atoms with Crippen LogP contribution in [0.4, 0.5) is 0 Å². The van der Waals surface area contributed by atoms with E-state index in [1.807, 2.05) is 12.1 Å². The molecular weight excluding hydrogens is 274 g/mol. The van der Waals surface area contributed by atoms with Gasteiger partial charge in [0.05, 0.1) is 5.56 Å². The van der Waals surface area contributed by atoms with Gasteiger partial charge in [-0.25, -0.2) is 4.79 Å². The fourth-order valence-corrected chi connectivity index (χ4v) is 3.41. The Morgan fingerprint density at radius 1 is 1.18 bits per heavy atom. The van der Waals surface area contributed by atoms with Crippen LogP contribution in [0, 0.1) is 0 Å². The summed E-state index contributed by atoms with van der Waals surface area (Å²) in [5.41, 5.74) is 2.83. The van der Waals surface area contributed by atoms with E-state index in [1.54, 1.807) is 12.1 Å². The van der Waals surface area contributed by atoms with Crippen LogP contribution in [-0.4, -0.2) is 28.6 Å². The number of nitrogens with zero attached hydrogens (tertiary/aromatic N) is 1. The maximum atomic E-state index is 11.1. The molecule has 1 aliphatic rings. The highest BCUT2D eigenvalue weighted by Crippen LogP contribution is 2.34. The molecule has 1 N–H and O–H groups in total. The molecule has 0 aromatic heterocycles. The molecule has 0 aliphatic carbocycles. The SMILES string of the molecule is CC1C(c2ccccc2)CCN1Cc1cccc(C(=O)O)c1. The standard InChI is InChI=1S/C19H21NO2/c1-14-18(16-7-3-2-4-8-16)10-11-20(14)13-15-6-5-9-17(12-15)19(21)22/h2-9,12,14,18H,10-11,13H2,1H3,(H,21,22). The van der Waals surface area contributed by atoms with Crippen LogP contribution < -0.4 is 0 Å². The van der Waals surface area contributed by atoms with Crippen molar-refractivity contribution in [2.24, 2.45) is 0 Å². The summed E-state index contributed by atoms with van der Waals surface area (Å²) in [5, 5.41) is 9.10. The summed E-state index contributed by atoms with van der Waals surface area (Å²) in [5.74, 6) is -0.303. The second kappa shape index (κ2) is 6.32. The molecule has 2 atom stereocenters. The molecule has 2 aromatic rings. The molecule has 0 spiro atoms. The largest absolute Gasteiger partial charge is 0.478 e. The predicted molar refractivity (Wildman–Crippen MR) is 87.1 cm³/mol. The van der Waals surface area contributed by atoms with E-state index in [9.17, 15) is 4.79 Å². The zero-order valence-electron chi connectivity index (χ0n) is 12.8. The number of aromatic carboxylic acids is 1.